The number of piperidine rings is 1. The smallest absolute Gasteiger partial charge is 0.270 e. The predicted molar refractivity (Wildman–Crippen MR) is 99.6 cm³/mol. The van der Waals surface area contributed by atoms with Crippen LogP contribution < -0.4 is 0 Å². The molecular weight excluding hydrogens is 328 g/mol. The van der Waals surface area contributed by atoms with Gasteiger partial charge in [0.15, 0.2) is 0 Å². The fourth-order valence-corrected chi connectivity index (χ4v) is 4.27. The number of benzene rings is 1. The summed E-state index contributed by atoms with van der Waals surface area (Å²) in [4.78, 5) is 28.9. The van der Waals surface area contributed by atoms with Gasteiger partial charge in [0, 0.05) is 52.1 Å². The number of rotatable bonds is 2. The number of hydrogen-bond donors (Lipinski definition) is 0. The van der Waals surface area contributed by atoms with E-state index in [0.717, 1.165) is 45.4 Å². The molecule has 26 heavy (non-hydrogen) atoms. The molecule has 6 nitrogen and oxygen atoms in total. The summed E-state index contributed by atoms with van der Waals surface area (Å²) in [6.07, 6.45) is 4.08. The predicted octanol–water partition coefficient (Wildman–Crippen LogP) is 1.64. The molecular formula is C20H26N4O2. The minimum Gasteiger partial charge on any atom is -0.336 e. The van der Waals surface area contributed by atoms with Crippen LogP contribution >= 0.6 is 0 Å². The van der Waals surface area contributed by atoms with Crippen molar-refractivity contribution in [3.05, 3.63) is 35.4 Å². The number of amides is 2. The standard InChI is InChI=1S/C20H26N4O2/c1-22-19(25)9-8-18(21-22)20(26)24-11-4-7-17(14-24)23-12-10-15-5-2-3-6-16(15)13-23/h2-3,5-6,17H,4,7-14H2,1H3. The quantitative estimate of drug-likeness (QED) is 0.811. The van der Waals surface area contributed by atoms with E-state index in [4.69, 9.17) is 0 Å². The first-order valence-corrected chi connectivity index (χ1v) is 9.56. The van der Waals surface area contributed by atoms with Gasteiger partial charge in [0.25, 0.3) is 5.91 Å². The first-order valence-electron chi connectivity index (χ1n) is 9.56. The van der Waals surface area contributed by atoms with Gasteiger partial charge in [-0.15, -0.1) is 0 Å². The highest BCUT2D eigenvalue weighted by molar-refractivity contribution is 6.39. The Hall–Kier alpha value is -2.21. The molecule has 1 atom stereocenters. The zero-order chi connectivity index (χ0) is 18.1. The number of hydrazone groups is 1. The Morgan fingerprint density at radius 2 is 1.92 bits per heavy atom. The van der Waals surface area contributed by atoms with Crippen LogP contribution in [0.3, 0.4) is 0 Å². The van der Waals surface area contributed by atoms with E-state index in [9.17, 15) is 9.59 Å². The van der Waals surface area contributed by atoms with Crippen molar-refractivity contribution in [1.29, 1.82) is 0 Å². The van der Waals surface area contributed by atoms with E-state index in [1.165, 1.54) is 16.1 Å². The number of hydrogen-bond acceptors (Lipinski definition) is 4. The van der Waals surface area contributed by atoms with Crippen LogP contribution in [0.25, 0.3) is 0 Å². The molecule has 6 heteroatoms. The minimum absolute atomic E-state index is 0.00598. The van der Waals surface area contributed by atoms with Crippen LogP contribution in [0, 0.1) is 0 Å². The van der Waals surface area contributed by atoms with E-state index in [0.29, 0.717) is 24.6 Å². The topological polar surface area (TPSA) is 56.2 Å². The van der Waals surface area contributed by atoms with E-state index in [-0.39, 0.29) is 11.8 Å². The molecule has 2 amide bonds. The van der Waals surface area contributed by atoms with Gasteiger partial charge in [0.05, 0.1) is 0 Å². The van der Waals surface area contributed by atoms with Gasteiger partial charge in [-0.05, 0) is 30.4 Å². The van der Waals surface area contributed by atoms with Crippen molar-refractivity contribution < 1.29 is 9.59 Å². The van der Waals surface area contributed by atoms with Gasteiger partial charge >= 0.3 is 0 Å². The summed E-state index contributed by atoms with van der Waals surface area (Å²) in [5, 5.41) is 5.51. The second kappa shape index (κ2) is 7.19. The van der Waals surface area contributed by atoms with Crippen molar-refractivity contribution in [2.24, 2.45) is 5.10 Å². The van der Waals surface area contributed by atoms with E-state index < -0.39 is 0 Å². The lowest BCUT2D eigenvalue weighted by molar-refractivity contribution is -0.131. The average molecular weight is 354 g/mol. The lowest BCUT2D eigenvalue weighted by Crippen LogP contribution is -2.52. The van der Waals surface area contributed by atoms with Gasteiger partial charge in [-0.1, -0.05) is 24.3 Å². The van der Waals surface area contributed by atoms with Gasteiger partial charge in [-0.3, -0.25) is 14.5 Å². The maximum Gasteiger partial charge on any atom is 0.270 e. The summed E-state index contributed by atoms with van der Waals surface area (Å²) < 4.78 is 0. The van der Waals surface area contributed by atoms with Gasteiger partial charge in [-0.25, -0.2) is 5.01 Å². The van der Waals surface area contributed by atoms with Crippen molar-refractivity contribution >= 4 is 17.5 Å². The average Bonchev–Trinajstić information content (AvgIpc) is 2.69. The second-order valence-electron chi connectivity index (χ2n) is 7.50. The molecule has 0 aliphatic carbocycles. The molecule has 0 bridgehead atoms. The molecule has 0 radical (unpaired) electrons. The molecule has 1 unspecified atom stereocenters. The normalized spacial score (nSPS) is 24.3. The largest absolute Gasteiger partial charge is 0.336 e. The fraction of sp³-hybridized carbons (Fsp3) is 0.550. The van der Waals surface area contributed by atoms with Gasteiger partial charge in [-0.2, -0.15) is 5.10 Å². The van der Waals surface area contributed by atoms with Crippen molar-refractivity contribution in [2.75, 3.05) is 26.7 Å². The summed E-state index contributed by atoms with van der Waals surface area (Å²) >= 11 is 0. The Labute approximate surface area is 154 Å². The van der Waals surface area contributed by atoms with Crippen LogP contribution in [0.1, 0.15) is 36.8 Å². The molecule has 0 saturated carbocycles. The van der Waals surface area contributed by atoms with Crippen LogP contribution in [-0.2, 0) is 22.6 Å². The van der Waals surface area contributed by atoms with E-state index in [1.54, 1.807) is 7.05 Å². The molecule has 0 spiro atoms. The monoisotopic (exact) mass is 354 g/mol. The number of fused-ring (bicyclic) bond motifs is 1. The molecule has 3 aliphatic heterocycles. The SMILES string of the molecule is CN1N=C(C(=O)N2CCCC(N3CCc4ccccc4C3)C2)CCC1=O. The third-order valence-electron chi connectivity index (χ3n) is 5.81. The maximum atomic E-state index is 12.9. The summed E-state index contributed by atoms with van der Waals surface area (Å²) in [6, 6.07) is 9.07. The van der Waals surface area contributed by atoms with Crippen LogP contribution in [0.15, 0.2) is 29.4 Å². The van der Waals surface area contributed by atoms with E-state index >= 15 is 0 Å². The molecule has 1 fully saturated rings. The molecule has 3 aliphatic rings. The van der Waals surface area contributed by atoms with Crippen molar-refractivity contribution in [2.45, 2.75) is 44.7 Å². The fourth-order valence-electron chi connectivity index (χ4n) is 4.27. The lowest BCUT2D eigenvalue weighted by atomic mass is 9.95. The number of nitrogens with zero attached hydrogens (tertiary/aromatic N) is 4. The van der Waals surface area contributed by atoms with Crippen LogP contribution in [-0.4, -0.2) is 65.1 Å². The summed E-state index contributed by atoms with van der Waals surface area (Å²) in [6.45, 7) is 3.58. The van der Waals surface area contributed by atoms with E-state index in [2.05, 4.69) is 34.3 Å². The number of carbonyl (C=O) groups excluding carboxylic acids is 2. The number of carbonyl (C=O) groups is 2. The van der Waals surface area contributed by atoms with Crippen LogP contribution in [0.2, 0.25) is 0 Å². The highest BCUT2D eigenvalue weighted by Gasteiger charge is 2.32. The second-order valence-corrected chi connectivity index (χ2v) is 7.50. The van der Waals surface area contributed by atoms with Gasteiger partial charge in [0.1, 0.15) is 5.71 Å². The Morgan fingerprint density at radius 1 is 1.12 bits per heavy atom. The zero-order valence-corrected chi connectivity index (χ0v) is 15.4. The van der Waals surface area contributed by atoms with Crippen LogP contribution in [0.4, 0.5) is 0 Å². The van der Waals surface area contributed by atoms with Crippen molar-refractivity contribution in [3.8, 4) is 0 Å². The molecule has 1 aromatic rings. The molecule has 1 saturated heterocycles. The molecule has 0 aromatic heterocycles. The highest BCUT2D eigenvalue weighted by atomic mass is 16.2. The first-order chi connectivity index (χ1) is 12.6. The minimum atomic E-state index is -0.0231. The van der Waals surface area contributed by atoms with Crippen LogP contribution in [0.5, 0.6) is 0 Å². The Bertz CT molecular complexity index is 745. The lowest BCUT2D eigenvalue weighted by Gasteiger charge is -2.41. The Kier molecular flexibility index (Phi) is 4.76. The van der Waals surface area contributed by atoms with E-state index in [1.807, 2.05) is 4.90 Å². The van der Waals surface area contributed by atoms with Gasteiger partial charge < -0.3 is 4.90 Å². The highest BCUT2D eigenvalue weighted by Crippen LogP contribution is 2.25. The third kappa shape index (κ3) is 3.38. The Morgan fingerprint density at radius 3 is 2.73 bits per heavy atom. The maximum absolute atomic E-state index is 12.9. The zero-order valence-electron chi connectivity index (χ0n) is 15.4. The molecule has 1 aromatic carbocycles. The molecule has 4 rings (SSSR count). The first kappa shape index (κ1) is 17.2. The van der Waals surface area contributed by atoms with Crippen molar-refractivity contribution in [3.63, 3.8) is 0 Å². The molecule has 0 N–H and O–H groups in total. The summed E-state index contributed by atoms with van der Waals surface area (Å²) in [7, 11) is 1.62. The summed E-state index contributed by atoms with van der Waals surface area (Å²) in [5.41, 5.74) is 3.40. The Balaban J connectivity index is 1.43. The summed E-state index contributed by atoms with van der Waals surface area (Å²) in [5.74, 6) is -0.0171. The van der Waals surface area contributed by atoms with Crippen molar-refractivity contribution in [1.82, 2.24) is 14.8 Å². The number of likely N-dealkylation sites (tertiary alicyclic amines) is 1. The van der Waals surface area contributed by atoms with Gasteiger partial charge in [0.2, 0.25) is 5.91 Å². The third-order valence-corrected chi connectivity index (χ3v) is 5.81. The molecule has 3 heterocycles. The molecule has 138 valence electrons.